The van der Waals surface area contributed by atoms with Crippen molar-refractivity contribution >= 4 is 29.3 Å². The summed E-state index contributed by atoms with van der Waals surface area (Å²) in [4.78, 5) is 33.8. The molecule has 224 valence electrons. The topological polar surface area (TPSA) is 123 Å². The maximum atomic E-state index is 13.0. The van der Waals surface area contributed by atoms with E-state index in [-0.39, 0.29) is 22.9 Å². The minimum Gasteiger partial charge on any atom is -0.489 e. The minimum atomic E-state index is -2.51. The van der Waals surface area contributed by atoms with E-state index in [2.05, 4.69) is 11.0 Å². The fourth-order valence-corrected chi connectivity index (χ4v) is 7.36. The van der Waals surface area contributed by atoms with Gasteiger partial charge in [-0.05, 0) is 85.8 Å². The molecule has 1 fully saturated rings. The van der Waals surface area contributed by atoms with Crippen LogP contribution in [0.4, 0.5) is 5.82 Å². The molecular formula is C32H38ClN3O6. The number of aliphatic hydroxyl groups excluding tert-OH is 1. The first-order valence-corrected chi connectivity index (χ1v) is 15.2. The number of carbonyl (C=O) groups is 2. The van der Waals surface area contributed by atoms with Crippen molar-refractivity contribution < 1.29 is 29.6 Å². The lowest BCUT2D eigenvalue weighted by Gasteiger charge is -2.45. The van der Waals surface area contributed by atoms with Crippen LogP contribution in [0.25, 0.3) is 0 Å². The molecule has 1 aromatic carbocycles. The number of rotatable bonds is 1. The number of aliphatic hydroxyl groups is 2. The first kappa shape index (κ1) is 29.0. The molecule has 1 spiro atoms. The second-order valence-electron chi connectivity index (χ2n) is 12.5. The van der Waals surface area contributed by atoms with Gasteiger partial charge in [0, 0.05) is 37.1 Å². The number of anilines is 1. The number of nitrogens with zero attached hydrogens (tertiary/aromatic N) is 3. The van der Waals surface area contributed by atoms with Gasteiger partial charge in [0.25, 0.3) is 0 Å². The quantitative estimate of drug-likeness (QED) is 0.427. The van der Waals surface area contributed by atoms with E-state index >= 15 is 0 Å². The molecule has 1 aromatic heterocycles. The number of halogens is 1. The van der Waals surface area contributed by atoms with E-state index in [1.807, 2.05) is 24.3 Å². The zero-order chi connectivity index (χ0) is 29.6. The van der Waals surface area contributed by atoms with Crippen molar-refractivity contribution in [2.45, 2.75) is 62.1 Å². The van der Waals surface area contributed by atoms with Crippen LogP contribution >= 0.6 is 11.6 Å². The molecule has 2 aromatic rings. The Morgan fingerprint density at radius 3 is 2.81 bits per heavy atom. The third-order valence-electron chi connectivity index (χ3n) is 9.82. The maximum Gasteiger partial charge on any atom is 0.342 e. The van der Waals surface area contributed by atoms with E-state index in [0.717, 1.165) is 32.1 Å². The smallest absolute Gasteiger partial charge is 0.342 e. The Hall–Kier alpha value is -3.14. The Balaban J connectivity index is 1.46. The maximum absolute atomic E-state index is 13.0. The molecule has 6 rings (SSSR count). The zero-order valence-electron chi connectivity index (χ0n) is 23.8. The van der Waals surface area contributed by atoms with Gasteiger partial charge in [0.1, 0.15) is 0 Å². The molecule has 9 nitrogen and oxygen atoms in total. The molecule has 3 N–H and O–H groups in total. The van der Waals surface area contributed by atoms with Gasteiger partial charge in [-0.15, -0.1) is 0 Å². The van der Waals surface area contributed by atoms with Gasteiger partial charge < -0.3 is 29.9 Å². The highest BCUT2D eigenvalue weighted by atomic mass is 35.5. The molecule has 1 amide bonds. The van der Waals surface area contributed by atoms with Gasteiger partial charge in [0.15, 0.2) is 11.6 Å². The number of hydrogen-bond donors (Lipinski definition) is 3. The average molecular weight is 596 g/mol. The highest BCUT2D eigenvalue weighted by Crippen LogP contribution is 2.46. The normalized spacial score (nSPS) is 32.2. The molecule has 2 bridgehead atoms. The number of aliphatic carboxylic acids is 1. The predicted octanol–water partition coefficient (Wildman–Crippen LogP) is 3.68. The second kappa shape index (κ2) is 11.2. The van der Waals surface area contributed by atoms with Crippen LogP contribution in [-0.4, -0.2) is 76.5 Å². The Labute approximate surface area is 250 Å². The monoisotopic (exact) mass is 595 g/mol. The largest absolute Gasteiger partial charge is 0.489 e. The first-order chi connectivity index (χ1) is 20.1. The van der Waals surface area contributed by atoms with Gasteiger partial charge in [0.05, 0.1) is 24.8 Å². The van der Waals surface area contributed by atoms with E-state index in [1.54, 1.807) is 13.1 Å². The molecule has 5 atom stereocenters. The first-order valence-electron chi connectivity index (χ1n) is 14.8. The summed E-state index contributed by atoms with van der Waals surface area (Å²) in [5.74, 6) is -0.813. The number of carboxylic acid groups (broad SMARTS) is 1. The number of amides is 1. The van der Waals surface area contributed by atoms with Gasteiger partial charge in [-0.3, -0.25) is 4.79 Å². The Morgan fingerprint density at radius 1 is 1.21 bits per heavy atom. The van der Waals surface area contributed by atoms with E-state index in [4.69, 9.17) is 21.3 Å². The Bertz CT molecular complexity index is 1420. The Kier molecular flexibility index (Phi) is 7.70. The molecule has 2 aliphatic carbocycles. The molecule has 3 heterocycles. The highest BCUT2D eigenvalue weighted by Gasteiger charge is 2.47. The van der Waals surface area contributed by atoms with Crippen LogP contribution in [-0.2, 0) is 27.0 Å². The van der Waals surface area contributed by atoms with Crippen molar-refractivity contribution in [3.8, 4) is 5.75 Å². The number of aryl methyl sites for hydroxylation is 1. The molecule has 0 unspecified atom stereocenters. The van der Waals surface area contributed by atoms with Crippen LogP contribution < -0.4 is 9.64 Å². The van der Waals surface area contributed by atoms with E-state index in [1.165, 1.54) is 22.1 Å². The molecule has 0 radical (unpaired) electrons. The minimum absolute atomic E-state index is 0.0775. The summed E-state index contributed by atoms with van der Waals surface area (Å²) in [6, 6.07) is 9.16. The fourth-order valence-electron chi connectivity index (χ4n) is 7.17. The number of fused-ring (bicyclic) bond motifs is 4. The number of carbonyl (C=O) groups excluding carboxylic acids is 1. The number of carboxylic acids is 1. The van der Waals surface area contributed by atoms with Crippen molar-refractivity contribution in [3.63, 3.8) is 0 Å². The molecule has 10 heteroatoms. The van der Waals surface area contributed by atoms with Crippen LogP contribution in [0.2, 0.25) is 5.02 Å². The van der Waals surface area contributed by atoms with Crippen LogP contribution in [0.3, 0.4) is 0 Å². The van der Waals surface area contributed by atoms with Gasteiger partial charge in [-0.1, -0.05) is 29.8 Å². The standard InChI is InChI=1S/C32H38ClN3O6/c1-35-14-3-2-6-25(37)23-9-7-21(23)17-36-18-31(13-4-5-20-15-22(33)8-10-24(20)31)19-42-26-11-12-27(34-29(26)36)32(41,30(39)40)16-28(35)38/h2,6,8,10-12,15,21,23,25,37,41H,3-5,7,9,13-14,16-19H2,1H3,(H,39,40)/b6-2-/t21-,23+,25-,31-,32+/m0/s1. The van der Waals surface area contributed by atoms with Crippen molar-refractivity contribution in [3.05, 3.63) is 64.3 Å². The van der Waals surface area contributed by atoms with Crippen LogP contribution in [0.5, 0.6) is 5.75 Å². The van der Waals surface area contributed by atoms with E-state index < -0.39 is 30.0 Å². The summed E-state index contributed by atoms with van der Waals surface area (Å²) in [7, 11) is 1.58. The van der Waals surface area contributed by atoms with Gasteiger partial charge in [-0.25, -0.2) is 9.78 Å². The molecule has 1 saturated carbocycles. The summed E-state index contributed by atoms with van der Waals surface area (Å²) < 4.78 is 6.46. The predicted molar refractivity (Wildman–Crippen MR) is 158 cm³/mol. The van der Waals surface area contributed by atoms with E-state index in [9.17, 15) is 24.9 Å². The van der Waals surface area contributed by atoms with Crippen LogP contribution in [0.1, 0.15) is 55.3 Å². The summed E-state index contributed by atoms with van der Waals surface area (Å²) in [6.07, 6.45) is 7.62. The SMILES string of the molecule is CN1CC/C=C\[C@H](O)[C@@H]2CC[C@H]2CN2C[C@@]3(CCCc4cc(Cl)ccc43)COc3ccc(nc32)[C@@](O)(C(=O)O)CC1=O. The lowest BCUT2D eigenvalue weighted by atomic mass is 9.68. The van der Waals surface area contributed by atoms with Crippen molar-refractivity contribution in [2.75, 3.05) is 38.2 Å². The number of benzene rings is 1. The molecule has 42 heavy (non-hydrogen) atoms. The number of hydrogen-bond acceptors (Lipinski definition) is 7. The van der Waals surface area contributed by atoms with Gasteiger partial charge in [0.2, 0.25) is 11.5 Å². The molecule has 2 aliphatic heterocycles. The molecule has 0 saturated heterocycles. The van der Waals surface area contributed by atoms with Gasteiger partial charge >= 0.3 is 5.97 Å². The summed E-state index contributed by atoms with van der Waals surface area (Å²) in [5.41, 5.74) is -0.558. The average Bonchev–Trinajstić information content (AvgIpc) is 3.09. The summed E-state index contributed by atoms with van der Waals surface area (Å²) >= 11 is 6.37. The second-order valence-corrected chi connectivity index (χ2v) is 12.9. The van der Waals surface area contributed by atoms with E-state index in [0.29, 0.717) is 49.3 Å². The third-order valence-corrected chi connectivity index (χ3v) is 10.1. The Morgan fingerprint density at radius 2 is 2.05 bits per heavy atom. The zero-order valence-corrected chi connectivity index (χ0v) is 24.6. The van der Waals surface area contributed by atoms with Crippen LogP contribution in [0.15, 0.2) is 42.5 Å². The van der Waals surface area contributed by atoms with Gasteiger partial charge in [-0.2, -0.15) is 0 Å². The highest BCUT2D eigenvalue weighted by molar-refractivity contribution is 6.30. The lowest BCUT2D eigenvalue weighted by molar-refractivity contribution is -0.165. The number of aromatic nitrogens is 1. The third kappa shape index (κ3) is 5.16. The number of pyridine rings is 1. The van der Waals surface area contributed by atoms with Crippen LogP contribution in [0, 0.1) is 11.8 Å². The number of ether oxygens (including phenoxy) is 1. The lowest BCUT2D eigenvalue weighted by Crippen LogP contribution is -2.50. The van der Waals surface area contributed by atoms with Crippen molar-refractivity contribution in [1.29, 1.82) is 0 Å². The summed E-state index contributed by atoms with van der Waals surface area (Å²) in [6.45, 7) is 1.92. The molecule has 4 aliphatic rings. The van der Waals surface area contributed by atoms with Crippen molar-refractivity contribution in [2.24, 2.45) is 11.8 Å². The van der Waals surface area contributed by atoms with Crippen molar-refractivity contribution in [1.82, 2.24) is 9.88 Å². The summed E-state index contributed by atoms with van der Waals surface area (Å²) in [5, 5.41) is 33.4. The molecular weight excluding hydrogens is 558 g/mol. The fraction of sp³-hybridized carbons (Fsp3) is 0.531.